The van der Waals surface area contributed by atoms with E-state index in [-0.39, 0.29) is 11.5 Å². The zero-order chi connectivity index (χ0) is 18.4. The number of amides is 1. The molecule has 132 valence electrons. The standard InChI is InChI=1S/C22H23N3O/c1-17-7-2-3-8-18(17)12-13-24-16-20(15-23)22(26)25-14-6-10-19-9-4-5-11-21(19)25/h2-5,7-9,11,16,24H,6,10,12-14H2,1H3/b20-16-. The molecule has 0 saturated heterocycles. The van der Waals surface area contributed by atoms with Crippen LogP contribution in [0, 0.1) is 18.3 Å². The van der Waals surface area contributed by atoms with Crippen molar-refractivity contribution >= 4 is 11.6 Å². The van der Waals surface area contributed by atoms with Crippen LogP contribution in [0.3, 0.4) is 0 Å². The van der Waals surface area contributed by atoms with Crippen LogP contribution in [-0.2, 0) is 17.6 Å². The van der Waals surface area contributed by atoms with E-state index < -0.39 is 0 Å². The number of nitriles is 1. The number of nitrogens with zero attached hydrogens (tertiary/aromatic N) is 2. The molecule has 0 fully saturated rings. The highest BCUT2D eigenvalue weighted by Gasteiger charge is 2.24. The maximum Gasteiger partial charge on any atom is 0.270 e. The summed E-state index contributed by atoms with van der Waals surface area (Å²) in [5.41, 5.74) is 4.75. The molecule has 1 aliphatic rings. The van der Waals surface area contributed by atoms with E-state index in [4.69, 9.17) is 0 Å². The van der Waals surface area contributed by atoms with Gasteiger partial charge >= 0.3 is 0 Å². The van der Waals surface area contributed by atoms with Crippen LogP contribution in [0.2, 0.25) is 0 Å². The van der Waals surface area contributed by atoms with E-state index in [9.17, 15) is 10.1 Å². The van der Waals surface area contributed by atoms with Crippen molar-refractivity contribution in [1.82, 2.24) is 5.32 Å². The van der Waals surface area contributed by atoms with Crippen LogP contribution in [0.1, 0.15) is 23.1 Å². The average Bonchev–Trinajstić information content (AvgIpc) is 2.68. The van der Waals surface area contributed by atoms with Crippen molar-refractivity contribution in [3.8, 4) is 6.07 Å². The number of hydrogen-bond donors (Lipinski definition) is 1. The van der Waals surface area contributed by atoms with E-state index in [1.165, 1.54) is 11.1 Å². The SMILES string of the molecule is Cc1ccccc1CCN/C=C(/C#N)C(=O)N1CCCc2ccccc21. The zero-order valence-electron chi connectivity index (χ0n) is 15.0. The second kappa shape index (κ2) is 8.35. The minimum atomic E-state index is -0.233. The molecule has 4 nitrogen and oxygen atoms in total. The molecule has 0 bridgehead atoms. The lowest BCUT2D eigenvalue weighted by atomic mass is 10.0. The Bertz CT molecular complexity index is 864. The number of fused-ring (bicyclic) bond motifs is 1. The Morgan fingerprint density at radius 2 is 2.00 bits per heavy atom. The Balaban J connectivity index is 1.65. The zero-order valence-corrected chi connectivity index (χ0v) is 15.0. The molecular weight excluding hydrogens is 322 g/mol. The maximum absolute atomic E-state index is 12.8. The third-order valence-corrected chi connectivity index (χ3v) is 4.75. The molecular formula is C22H23N3O. The van der Waals surface area contributed by atoms with Crippen LogP contribution >= 0.6 is 0 Å². The van der Waals surface area contributed by atoms with Gasteiger partial charge in [-0.3, -0.25) is 4.79 Å². The summed E-state index contributed by atoms with van der Waals surface area (Å²) in [6.45, 7) is 3.42. The van der Waals surface area contributed by atoms with Gasteiger partial charge in [0, 0.05) is 25.0 Å². The van der Waals surface area contributed by atoms with Gasteiger partial charge in [0.05, 0.1) is 0 Å². The summed E-state index contributed by atoms with van der Waals surface area (Å²) in [6.07, 6.45) is 4.29. The molecule has 0 spiro atoms. The number of aryl methyl sites for hydroxylation is 2. The summed E-state index contributed by atoms with van der Waals surface area (Å²) in [4.78, 5) is 14.5. The smallest absolute Gasteiger partial charge is 0.270 e. The predicted molar refractivity (Wildman–Crippen MR) is 104 cm³/mol. The largest absolute Gasteiger partial charge is 0.389 e. The minimum Gasteiger partial charge on any atom is -0.389 e. The summed E-state index contributed by atoms with van der Waals surface area (Å²) < 4.78 is 0. The highest BCUT2D eigenvalue weighted by Crippen LogP contribution is 2.27. The van der Waals surface area contributed by atoms with Crippen LogP contribution < -0.4 is 10.2 Å². The number of hydrogen-bond acceptors (Lipinski definition) is 3. The van der Waals surface area contributed by atoms with Crippen molar-refractivity contribution in [1.29, 1.82) is 5.26 Å². The molecule has 1 amide bonds. The average molecular weight is 345 g/mol. The fourth-order valence-electron chi connectivity index (χ4n) is 3.30. The first kappa shape index (κ1) is 17.8. The van der Waals surface area contributed by atoms with Gasteiger partial charge < -0.3 is 10.2 Å². The van der Waals surface area contributed by atoms with Gasteiger partial charge in [-0.2, -0.15) is 5.26 Å². The van der Waals surface area contributed by atoms with E-state index in [2.05, 4.69) is 24.4 Å². The molecule has 1 heterocycles. The molecule has 0 aromatic heterocycles. The summed E-state index contributed by atoms with van der Waals surface area (Å²) >= 11 is 0. The van der Waals surface area contributed by atoms with E-state index in [1.807, 2.05) is 42.5 Å². The van der Waals surface area contributed by atoms with Gasteiger partial charge in [0.25, 0.3) is 5.91 Å². The quantitative estimate of drug-likeness (QED) is 0.512. The Kier molecular flexibility index (Phi) is 5.70. The number of rotatable bonds is 5. The van der Waals surface area contributed by atoms with Crippen molar-refractivity contribution in [3.63, 3.8) is 0 Å². The second-order valence-corrected chi connectivity index (χ2v) is 6.49. The highest BCUT2D eigenvalue weighted by atomic mass is 16.2. The number of nitrogens with one attached hydrogen (secondary N) is 1. The highest BCUT2D eigenvalue weighted by molar-refractivity contribution is 6.08. The molecule has 2 aromatic carbocycles. The molecule has 0 radical (unpaired) electrons. The molecule has 0 aliphatic carbocycles. The first-order valence-electron chi connectivity index (χ1n) is 8.98. The monoisotopic (exact) mass is 345 g/mol. The molecule has 26 heavy (non-hydrogen) atoms. The van der Waals surface area contributed by atoms with Gasteiger partial charge in [0.2, 0.25) is 0 Å². The van der Waals surface area contributed by atoms with Gasteiger partial charge in [-0.15, -0.1) is 0 Å². The molecule has 0 saturated carbocycles. The first-order valence-corrected chi connectivity index (χ1v) is 8.98. The normalized spacial score (nSPS) is 13.7. The van der Waals surface area contributed by atoms with Crippen LogP contribution in [0.4, 0.5) is 5.69 Å². The Morgan fingerprint density at radius 1 is 1.23 bits per heavy atom. The fourth-order valence-corrected chi connectivity index (χ4v) is 3.30. The molecule has 0 unspecified atom stereocenters. The van der Waals surface area contributed by atoms with Gasteiger partial charge in [-0.05, 0) is 48.9 Å². The van der Waals surface area contributed by atoms with E-state index in [1.54, 1.807) is 11.1 Å². The number of carbonyl (C=O) groups is 1. The van der Waals surface area contributed by atoms with Crippen LogP contribution in [-0.4, -0.2) is 19.0 Å². The Labute approximate surface area is 154 Å². The van der Waals surface area contributed by atoms with Crippen LogP contribution in [0.15, 0.2) is 60.3 Å². The third-order valence-electron chi connectivity index (χ3n) is 4.75. The van der Waals surface area contributed by atoms with E-state index in [0.717, 1.165) is 30.5 Å². The molecule has 0 atom stereocenters. The third kappa shape index (κ3) is 3.94. The molecule has 1 aliphatic heterocycles. The van der Waals surface area contributed by atoms with E-state index >= 15 is 0 Å². The second-order valence-electron chi connectivity index (χ2n) is 6.49. The lowest BCUT2D eigenvalue weighted by Gasteiger charge is -2.29. The molecule has 4 heteroatoms. The summed E-state index contributed by atoms with van der Waals surface area (Å²) in [5, 5.41) is 12.6. The summed E-state index contributed by atoms with van der Waals surface area (Å²) in [6, 6.07) is 18.2. The Hall–Kier alpha value is -3.06. The van der Waals surface area contributed by atoms with Crippen molar-refractivity contribution in [3.05, 3.63) is 77.0 Å². The number of benzene rings is 2. The van der Waals surface area contributed by atoms with Gasteiger partial charge in [-0.25, -0.2) is 0 Å². The van der Waals surface area contributed by atoms with Crippen molar-refractivity contribution in [2.45, 2.75) is 26.2 Å². The summed E-state index contributed by atoms with van der Waals surface area (Å²) in [5.74, 6) is -0.233. The maximum atomic E-state index is 12.8. The minimum absolute atomic E-state index is 0.145. The van der Waals surface area contributed by atoms with Crippen molar-refractivity contribution < 1.29 is 4.79 Å². The molecule has 3 rings (SSSR count). The van der Waals surface area contributed by atoms with Crippen molar-refractivity contribution in [2.24, 2.45) is 0 Å². The molecule has 1 N–H and O–H groups in total. The number of para-hydroxylation sites is 1. The predicted octanol–water partition coefficient (Wildman–Crippen LogP) is 3.51. The van der Waals surface area contributed by atoms with E-state index in [0.29, 0.717) is 13.1 Å². The molecule has 2 aromatic rings. The fraction of sp³-hybridized carbons (Fsp3) is 0.273. The lowest BCUT2D eigenvalue weighted by molar-refractivity contribution is -0.114. The van der Waals surface area contributed by atoms with Gasteiger partial charge in [0.1, 0.15) is 11.6 Å². The number of carbonyl (C=O) groups excluding carboxylic acids is 1. The topological polar surface area (TPSA) is 56.1 Å². The van der Waals surface area contributed by atoms with Crippen molar-refractivity contribution in [2.75, 3.05) is 18.0 Å². The van der Waals surface area contributed by atoms with Gasteiger partial charge in [0.15, 0.2) is 0 Å². The lowest BCUT2D eigenvalue weighted by Crippen LogP contribution is -2.36. The Morgan fingerprint density at radius 3 is 2.81 bits per heavy atom. The first-order chi connectivity index (χ1) is 12.7. The summed E-state index contributed by atoms with van der Waals surface area (Å²) in [7, 11) is 0. The van der Waals surface area contributed by atoms with Crippen LogP contribution in [0.5, 0.6) is 0 Å². The van der Waals surface area contributed by atoms with Crippen LogP contribution in [0.25, 0.3) is 0 Å². The number of anilines is 1. The van der Waals surface area contributed by atoms with Gasteiger partial charge in [-0.1, -0.05) is 42.5 Å².